The molecule has 0 aliphatic heterocycles. The lowest BCUT2D eigenvalue weighted by molar-refractivity contribution is 0.265. The zero-order valence-electron chi connectivity index (χ0n) is 7.83. The van der Waals surface area contributed by atoms with Gasteiger partial charge in [0.2, 0.25) is 0 Å². The molecule has 0 aromatic carbocycles. The number of aliphatic hydroxyl groups excluding tert-OH is 1. The first-order valence-electron chi connectivity index (χ1n) is 4.24. The molecule has 0 atom stereocenters. The second-order valence-corrected chi connectivity index (χ2v) is 3.06. The van der Waals surface area contributed by atoms with E-state index in [9.17, 15) is 0 Å². The highest BCUT2D eigenvalue weighted by atomic mass is 16.3. The zero-order chi connectivity index (χ0) is 9.97. The van der Waals surface area contributed by atoms with Crippen molar-refractivity contribution in [3.8, 4) is 0 Å². The van der Waals surface area contributed by atoms with E-state index < -0.39 is 0 Å². The maximum absolute atomic E-state index is 8.95. The molecule has 0 aliphatic carbocycles. The molecule has 1 N–H and O–H groups in total. The van der Waals surface area contributed by atoms with Crippen molar-refractivity contribution in [2.75, 3.05) is 0 Å². The second kappa shape index (κ2) is 3.59. The maximum Gasteiger partial charge on any atom is 0.158 e. The van der Waals surface area contributed by atoms with Gasteiger partial charge >= 0.3 is 0 Å². The van der Waals surface area contributed by atoms with E-state index in [0.29, 0.717) is 12.4 Å². The molecule has 6 heteroatoms. The smallest absolute Gasteiger partial charge is 0.158 e. The Kier molecular flexibility index (Phi) is 2.28. The van der Waals surface area contributed by atoms with Gasteiger partial charge in [0.1, 0.15) is 12.9 Å². The Balaban J connectivity index is 2.18. The van der Waals surface area contributed by atoms with Gasteiger partial charge in [-0.2, -0.15) is 5.10 Å². The summed E-state index contributed by atoms with van der Waals surface area (Å²) >= 11 is 0. The minimum Gasteiger partial charge on any atom is -0.388 e. The van der Waals surface area contributed by atoms with Crippen molar-refractivity contribution in [1.29, 1.82) is 0 Å². The fourth-order valence-corrected chi connectivity index (χ4v) is 1.28. The van der Waals surface area contributed by atoms with Crippen LogP contribution in [-0.2, 0) is 20.2 Å². The summed E-state index contributed by atoms with van der Waals surface area (Å²) in [5.74, 6) is 0.564. The van der Waals surface area contributed by atoms with Gasteiger partial charge in [-0.05, 0) is 0 Å². The quantitative estimate of drug-likeness (QED) is 0.717. The van der Waals surface area contributed by atoms with Gasteiger partial charge in [-0.3, -0.25) is 4.68 Å². The van der Waals surface area contributed by atoms with Crippen molar-refractivity contribution in [3.63, 3.8) is 0 Å². The van der Waals surface area contributed by atoms with Gasteiger partial charge in [-0.15, -0.1) is 10.2 Å². The Morgan fingerprint density at radius 2 is 2.36 bits per heavy atom. The molecule has 0 radical (unpaired) electrons. The second-order valence-electron chi connectivity index (χ2n) is 3.06. The molecule has 74 valence electrons. The van der Waals surface area contributed by atoms with Crippen LogP contribution in [0.15, 0.2) is 18.7 Å². The van der Waals surface area contributed by atoms with Crippen molar-refractivity contribution in [1.82, 2.24) is 24.5 Å². The minimum absolute atomic E-state index is 0.0970. The predicted octanol–water partition coefficient (Wildman–Crippen LogP) is -0.448. The highest BCUT2D eigenvalue weighted by Gasteiger charge is 2.03. The Labute approximate surface area is 80.8 Å². The molecule has 2 aromatic rings. The number of hydrogen-bond acceptors (Lipinski definition) is 4. The monoisotopic (exact) mass is 193 g/mol. The van der Waals surface area contributed by atoms with E-state index in [1.165, 1.54) is 0 Å². The fraction of sp³-hybridized carbons (Fsp3) is 0.375. The molecule has 0 aliphatic rings. The van der Waals surface area contributed by atoms with Crippen LogP contribution in [0.3, 0.4) is 0 Å². The third-order valence-corrected chi connectivity index (χ3v) is 1.95. The van der Waals surface area contributed by atoms with Crippen molar-refractivity contribution in [2.24, 2.45) is 7.05 Å². The average Bonchev–Trinajstić information content (AvgIpc) is 2.76. The van der Waals surface area contributed by atoms with Crippen LogP contribution in [0, 0.1) is 0 Å². The van der Waals surface area contributed by atoms with Crippen LogP contribution < -0.4 is 0 Å². The number of rotatable bonds is 3. The van der Waals surface area contributed by atoms with Crippen LogP contribution in [0.2, 0.25) is 0 Å². The Bertz CT molecular complexity index is 419. The summed E-state index contributed by atoms with van der Waals surface area (Å²) in [4.78, 5) is 0. The Morgan fingerprint density at radius 1 is 1.50 bits per heavy atom. The molecule has 0 spiro atoms. The lowest BCUT2D eigenvalue weighted by atomic mass is 10.3. The van der Waals surface area contributed by atoms with Crippen molar-refractivity contribution < 1.29 is 5.11 Å². The molecule has 2 heterocycles. The standard InChI is InChI=1S/C8H11N5O/c1-12-3-7(2-10-12)4-13-6-9-11-8(13)5-14/h2-3,6,14H,4-5H2,1H3. The zero-order valence-corrected chi connectivity index (χ0v) is 7.83. The molecule has 6 nitrogen and oxygen atoms in total. The predicted molar refractivity (Wildman–Crippen MR) is 48.3 cm³/mol. The lowest BCUT2D eigenvalue weighted by Gasteiger charge is -2.01. The summed E-state index contributed by atoms with van der Waals surface area (Å²) in [5.41, 5.74) is 1.06. The molecular formula is C8H11N5O. The van der Waals surface area contributed by atoms with Crippen LogP contribution >= 0.6 is 0 Å². The van der Waals surface area contributed by atoms with Crippen LogP contribution in [0.5, 0.6) is 0 Å². The molecule has 2 aromatic heterocycles. The summed E-state index contributed by atoms with van der Waals surface area (Å²) in [5, 5.41) is 20.5. The van der Waals surface area contributed by atoms with Crippen LogP contribution in [0.1, 0.15) is 11.4 Å². The fourth-order valence-electron chi connectivity index (χ4n) is 1.28. The number of aliphatic hydroxyl groups is 1. The van der Waals surface area contributed by atoms with Crippen LogP contribution in [0.4, 0.5) is 0 Å². The normalized spacial score (nSPS) is 10.7. The molecule has 0 fully saturated rings. The van der Waals surface area contributed by atoms with E-state index in [1.54, 1.807) is 21.8 Å². The van der Waals surface area contributed by atoms with Crippen LogP contribution in [0.25, 0.3) is 0 Å². The first-order chi connectivity index (χ1) is 6.79. The first-order valence-corrected chi connectivity index (χ1v) is 4.24. The number of aromatic nitrogens is 5. The van der Waals surface area contributed by atoms with E-state index in [-0.39, 0.29) is 6.61 Å². The molecule has 0 unspecified atom stereocenters. The van der Waals surface area contributed by atoms with Gasteiger partial charge < -0.3 is 9.67 Å². The highest BCUT2D eigenvalue weighted by molar-refractivity contribution is 5.05. The summed E-state index contributed by atoms with van der Waals surface area (Å²) in [6, 6.07) is 0. The molecule has 14 heavy (non-hydrogen) atoms. The number of aryl methyl sites for hydroxylation is 1. The summed E-state index contributed by atoms with van der Waals surface area (Å²) in [6.07, 6.45) is 5.29. The third-order valence-electron chi connectivity index (χ3n) is 1.95. The number of nitrogens with zero attached hydrogens (tertiary/aromatic N) is 5. The lowest BCUT2D eigenvalue weighted by Crippen LogP contribution is -2.03. The van der Waals surface area contributed by atoms with Gasteiger partial charge in [0, 0.05) is 18.8 Å². The summed E-state index contributed by atoms with van der Waals surface area (Å²) in [6.45, 7) is 0.539. The molecule has 0 bridgehead atoms. The van der Waals surface area contributed by atoms with E-state index >= 15 is 0 Å². The topological polar surface area (TPSA) is 68.8 Å². The van der Waals surface area contributed by atoms with Gasteiger partial charge in [0.25, 0.3) is 0 Å². The largest absolute Gasteiger partial charge is 0.388 e. The minimum atomic E-state index is -0.0970. The van der Waals surface area contributed by atoms with Gasteiger partial charge in [0.05, 0.1) is 12.7 Å². The summed E-state index contributed by atoms with van der Waals surface area (Å²) in [7, 11) is 1.86. The highest BCUT2D eigenvalue weighted by Crippen LogP contribution is 2.02. The van der Waals surface area contributed by atoms with Gasteiger partial charge in [0.15, 0.2) is 5.82 Å². The van der Waals surface area contributed by atoms with E-state index in [2.05, 4.69) is 15.3 Å². The van der Waals surface area contributed by atoms with Crippen molar-refractivity contribution >= 4 is 0 Å². The third kappa shape index (κ3) is 1.64. The van der Waals surface area contributed by atoms with E-state index in [1.807, 2.05) is 13.2 Å². The van der Waals surface area contributed by atoms with Crippen molar-refractivity contribution in [2.45, 2.75) is 13.2 Å². The molecular weight excluding hydrogens is 182 g/mol. The molecule has 0 amide bonds. The SMILES string of the molecule is Cn1cc(Cn2cnnc2CO)cn1. The molecule has 2 rings (SSSR count). The van der Waals surface area contributed by atoms with Crippen molar-refractivity contribution in [3.05, 3.63) is 30.1 Å². The molecule has 0 saturated heterocycles. The average molecular weight is 193 g/mol. The van der Waals surface area contributed by atoms with Gasteiger partial charge in [-0.25, -0.2) is 0 Å². The Hall–Kier alpha value is -1.69. The van der Waals surface area contributed by atoms with Crippen LogP contribution in [-0.4, -0.2) is 29.7 Å². The molecule has 0 saturated carbocycles. The maximum atomic E-state index is 8.95. The van der Waals surface area contributed by atoms with E-state index in [4.69, 9.17) is 5.11 Å². The van der Waals surface area contributed by atoms with Gasteiger partial charge in [-0.1, -0.05) is 0 Å². The first kappa shape index (κ1) is 8.89. The number of hydrogen-bond donors (Lipinski definition) is 1. The van der Waals surface area contributed by atoms with E-state index in [0.717, 1.165) is 5.56 Å². The summed E-state index contributed by atoms with van der Waals surface area (Å²) < 4.78 is 3.52. The Morgan fingerprint density at radius 3 is 3.00 bits per heavy atom.